The second-order valence-electron chi connectivity index (χ2n) is 6.60. The molecule has 1 aliphatic rings. The molecule has 0 radical (unpaired) electrons. The molecule has 2 aromatic rings. The van der Waals surface area contributed by atoms with Gasteiger partial charge in [-0.15, -0.1) is 0 Å². The molecule has 1 aliphatic carbocycles. The van der Waals surface area contributed by atoms with Crippen LogP contribution in [0.25, 0.3) is 0 Å². The number of nitrogens with one attached hydrogen (secondary N) is 1. The van der Waals surface area contributed by atoms with E-state index in [1.54, 1.807) is 6.92 Å². The zero-order valence-electron chi connectivity index (χ0n) is 14.0. The van der Waals surface area contributed by atoms with Gasteiger partial charge in [0.15, 0.2) is 0 Å². The number of benzene rings is 2. The number of ketones is 1. The van der Waals surface area contributed by atoms with Gasteiger partial charge < -0.3 is 5.32 Å². The molecule has 1 unspecified atom stereocenters. The summed E-state index contributed by atoms with van der Waals surface area (Å²) in [4.78, 5) is 23.3. The summed E-state index contributed by atoms with van der Waals surface area (Å²) in [6.45, 7) is 1.58. The minimum atomic E-state index is 0.0544. The lowest BCUT2D eigenvalue weighted by molar-refractivity contribution is -0.117. The molecule has 1 N–H and O–H groups in total. The van der Waals surface area contributed by atoms with Gasteiger partial charge in [0.05, 0.1) is 0 Å². The van der Waals surface area contributed by atoms with Crippen molar-refractivity contribution in [3.63, 3.8) is 0 Å². The summed E-state index contributed by atoms with van der Waals surface area (Å²) in [5.74, 6) is 0.701. The third-order valence-electron chi connectivity index (χ3n) is 4.67. The number of hydrogen-bond donors (Lipinski definition) is 1. The highest BCUT2D eigenvalue weighted by atomic mass is 16.1. The second-order valence-corrected chi connectivity index (χ2v) is 6.60. The normalized spacial score (nSPS) is 15.8. The molecule has 3 heteroatoms. The van der Waals surface area contributed by atoms with Crippen LogP contribution in [0.3, 0.4) is 0 Å². The Hall–Kier alpha value is -2.42. The molecular weight excluding hydrogens is 298 g/mol. The fourth-order valence-electron chi connectivity index (χ4n) is 3.47. The van der Waals surface area contributed by atoms with Gasteiger partial charge in [0.2, 0.25) is 5.91 Å². The Morgan fingerprint density at radius 3 is 2.58 bits per heavy atom. The molecule has 124 valence electrons. The molecule has 0 fully saturated rings. The van der Waals surface area contributed by atoms with Crippen LogP contribution in [-0.4, -0.2) is 11.7 Å². The molecule has 1 amide bonds. The first-order valence-electron chi connectivity index (χ1n) is 8.58. The van der Waals surface area contributed by atoms with Crippen molar-refractivity contribution in [2.24, 2.45) is 0 Å². The van der Waals surface area contributed by atoms with Crippen LogP contribution in [0, 0.1) is 0 Å². The van der Waals surface area contributed by atoms with Gasteiger partial charge in [-0.05, 0) is 60.9 Å². The number of anilines is 1. The molecule has 0 saturated carbocycles. The van der Waals surface area contributed by atoms with Gasteiger partial charge in [0.1, 0.15) is 5.78 Å². The van der Waals surface area contributed by atoms with Crippen LogP contribution in [0.1, 0.15) is 48.8 Å². The van der Waals surface area contributed by atoms with E-state index in [0.29, 0.717) is 18.8 Å². The van der Waals surface area contributed by atoms with Crippen molar-refractivity contribution < 1.29 is 9.59 Å². The van der Waals surface area contributed by atoms with Gasteiger partial charge in [-0.25, -0.2) is 0 Å². The van der Waals surface area contributed by atoms with Crippen molar-refractivity contribution in [3.8, 4) is 0 Å². The van der Waals surface area contributed by atoms with Crippen LogP contribution < -0.4 is 5.32 Å². The van der Waals surface area contributed by atoms with Gasteiger partial charge in [0, 0.05) is 18.5 Å². The molecular formula is C21H23NO2. The van der Waals surface area contributed by atoms with Crippen LogP contribution >= 0.6 is 0 Å². The maximum Gasteiger partial charge on any atom is 0.224 e. The largest absolute Gasteiger partial charge is 0.326 e. The third-order valence-corrected chi connectivity index (χ3v) is 4.67. The summed E-state index contributed by atoms with van der Waals surface area (Å²) in [6.07, 6.45) is 4.14. The zero-order valence-corrected chi connectivity index (χ0v) is 14.0. The molecule has 0 aromatic heterocycles. The number of carbonyl (C=O) groups excluding carboxylic acids is 2. The summed E-state index contributed by atoms with van der Waals surface area (Å²) in [5, 5.41) is 2.95. The Kier molecular flexibility index (Phi) is 5.09. The standard InChI is InChI=1S/C21H23NO2/c1-15(23)14-16-6-11-19(12-7-16)22-21(24)13-10-18-9-8-17-4-2-3-5-20(17)18/h2-7,11-12,18H,8-10,13-14H2,1H3,(H,22,24). The van der Waals surface area contributed by atoms with Crippen LogP contribution in [0.5, 0.6) is 0 Å². The Morgan fingerprint density at radius 2 is 1.83 bits per heavy atom. The van der Waals surface area contributed by atoms with E-state index in [1.165, 1.54) is 11.1 Å². The Bertz CT molecular complexity index is 734. The van der Waals surface area contributed by atoms with Crippen LogP contribution in [-0.2, 0) is 22.4 Å². The van der Waals surface area contributed by atoms with Crippen molar-refractivity contribution in [1.29, 1.82) is 0 Å². The molecule has 0 aliphatic heterocycles. The Labute approximate surface area is 143 Å². The fraction of sp³-hybridized carbons (Fsp3) is 0.333. The number of carbonyl (C=O) groups is 2. The van der Waals surface area contributed by atoms with Gasteiger partial charge >= 0.3 is 0 Å². The van der Waals surface area contributed by atoms with Crippen molar-refractivity contribution in [3.05, 3.63) is 65.2 Å². The lowest BCUT2D eigenvalue weighted by atomic mass is 9.96. The van der Waals surface area contributed by atoms with Crippen LogP contribution in [0.4, 0.5) is 5.69 Å². The van der Waals surface area contributed by atoms with Crippen molar-refractivity contribution in [2.75, 3.05) is 5.32 Å². The minimum Gasteiger partial charge on any atom is -0.326 e. The Balaban J connectivity index is 1.50. The smallest absolute Gasteiger partial charge is 0.224 e. The molecule has 0 bridgehead atoms. The molecule has 3 rings (SSSR count). The van der Waals surface area contributed by atoms with E-state index in [1.807, 2.05) is 24.3 Å². The summed E-state index contributed by atoms with van der Waals surface area (Å²) >= 11 is 0. The molecule has 24 heavy (non-hydrogen) atoms. The monoisotopic (exact) mass is 321 g/mol. The average molecular weight is 321 g/mol. The number of hydrogen-bond acceptors (Lipinski definition) is 2. The number of aryl methyl sites for hydroxylation is 1. The van der Waals surface area contributed by atoms with Crippen LogP contribution in [0.2, 0.25) is 0 Å². The first-order chi connectivity index (χ1) is 11.6. The minimum absolute atomic E-state index is 0.0544. The first kappa shape index (κ1) is 16.4. The number of Topliss-reactive ketones (excluding diaryl/α,β-unsaturated/α-hetero) is 1. The molecule has 0 heterocycles. The lowest BCUT2D eigenvalue weighted by Gasteiger charge is -2.11. The topological polar surface area (TPSA) is 46.2 Å². The highest BCUT2D eigenvalue weighted by Gasteiger charge is 2.22. The summed E-state index contributed by atoms with van der Waals surface area (Å²) in [7, 11) is 0. The summed E-state index contributed by atoms with van der Waals surface area (Å²) in [5.41, 5.74) is 4.62. The van der Waals surface area contributed by atoms with E-state index >= 15 is 0 Å². The molecule has 1 atom stereocenters. The number of rotatable bonds is 6. The van der Waals surface area contributed by atoms with E-state index in [2.05, 4.69) is 29.6 Å². The van der Waals surface area contributed by atoms with E-state index < -0.39 is 0 Å². The van der Waals surface area contributed by atoms with E-state index in [-0.39, 0.29) is 11.7 Å². The van der Waals surface area contributed by atoms with Crippen LogP contribution in [0.15, 0.2) is 48.5 Å². The third kappa shape index (κ3) is 4.10. The second kappa shape index (κ2) is 7.43. The Morgan fingerprint density at radius 1 is 1.08 bits per heavy atom. The quantitative estimate of drug-likeness (QED) is 0.864. The fourth-order valence-corrected chi connectivity index (χ4v) is 3.47. The SMILES string of the molecule is CC(=O)Cc1ccc(NC(=O)CCC2CCc3ccccc32)cc1. The zero-order chi connectivity index (χ0) is 16.9. The number of amides is 1. The van der Waals surface area contributed by atoms with Gasteiger partial charge in [-0.2, -0.15) is 0 Å². The van der Waals surface area contributed by atoms with E-state index in [9.17, 15) is 9.59 Å². The number of fused-ring (bicyclic) bond motifs is 1. The van der Waals surface area contributed by atoms with Crippen molar-refractivity contribution >= 4 is 17.4 Å². The average Bonchev–Trinajstić information content (AvgIpc) is 2.98. The molecule has 2 aromatic carbocycles. The lowest BCUT2D eigenvalue weighted by Crippen LogP contribution is -2.12. The first-order valence-corrected chi connectivity index (χ1v) is 8.58. The highest BCUT2D eigenvalue weighted by molar-refractivity contribution is 5.90. The van der Waals surface area contributed by atoms with Gasteiger partial charge in [-0.1, -0.05) is 36.4 Å². The molecule has 0 spiro atoms. The van der Waals surface area contributed by atoms with Crippen molar-refractivity contribution in [2.45, 2.75) is 44.9 Å². The maximum atomic E-state index is 12.2. The van der Waals surface area contributed by atoms with E-state index in [4.69, 9.17) is 0 Å². The summed E-state index contributed by atoms with van der Waals surface area (Å²) < 4.78 is 0. The van der Waals surface area contributed by atoms with E-state index in [0.717, 1.165) is 30.5 Å². The molecule has 3 nitrogen and oxygen atoms in total. The van der Waals surface area contributed by atoms with Gasteiger partial charge in [-0.3, -0.25) is 9.59 Å². The highest BCUT2D eigenvalue weighted by Crippen LogP contribution is 2.35. The summed E-state index contributed by atoms with van der Waals surface area (Å²) in [6, 6.07) is 16.1. The van der Waals surface area contributed by atoms with Gasteiger partial charge in [0.25, 0.3) is 0 Å². The van der Waals surface area contributed by atoms with Crippen molar-refractivity contribution in [1.82, 2.24) is 0 Å². The predicted molar refractivity (Wildman–Crippen MR) is 96.2 cm³/mol. The maximum absolute atomic E-state index is 12.2. The predicted octanol–water partition coefficient (Wildman–Crippen LogP) is 4.27. The molecule has 0 saturated heterocycles.